The van der Waals surface area contributed by atoms with Gasteiger partial charge in [-0.1, -0.05) is 6.92 Å². The van der Waals surface area contributed by atoms with Gasteiger partial charge in [-0.15, -0.1) is 11.3 Å². The van der Waals surface area contributed by atoms with Gasteiger partial charge in [-0.25, -0.2) is 4.39 Å². The van der Waals surface area contributed by atoms with E-state index in [4.69, 9.17) is 4.42 Å². The molecule has 2 aromatic heterocycles. The first kappa shape index (κ1) is 16.6. The van der Waals surface area contributed by atoms with Crippen molar-refractivity contribution in [3.05, 3.63) is 64.0 Å². The molecule has 1 aromatic carbocycles. The number of carbonyl (C=O) groups excluding carboxylic acids is 1. The van der Waals surface area contributed by atoms with Gasteiger partial charge in [0.1, 0.15) is 22.3 Å². The lowest BCUT2D eigenvalue weighted by Crippen LogP contribution is -2.38. The minimum Gasteiger partial charge on any atom is -0.457 e. The van der Waals surface area contributed by atoms with Crippen LogP contribution in [0.3, 0.4) is 0 Å². The summed E-state index contributed by atoms with van der Waals surface area (Å²) in [4.78, 5) is 14.1. The van der Waals surface area contributed by atoms with Gasteiger partial charge in [0.2, 0.25) is 0 Å². The van der Waals surface area contributed by atoms with Crippen LogP contribution in [0.1, 0.15) is 46.1 Å². The van der Waals surface area contributed by atoms with Crippen molar-refractivity contribution in [3.8, 4) is 11.3 Å². The minimum absolute atomic E-state index is 0.0412. The quantitative estimate of drug-likeness (QED) is 0.646. The van der Waals surface area contributed by atoms with E-state index < -0.39 is 6.17 Å². The van der Waals surface area contributed by atoms with Crippen LogP contribution in [0.25, 0.3) is 11.3 Å². The topological polar surface area (TPSA) is 54.3 Å². The molecule has 1 amide bonds. The smallest absolute Gasteiger partial charge is 0.256 e. The second-order valence-corrected chi connectivity index (χ2v) is 8.42. The Morgan fingerprint density at radius 1 is 1.15 bits per heavy atom. The average Bonchev–Trinajstić information content (AvgIpc) is 3.26. The summed E-state index contributed by atoms with van der Waals surface area (Å²) in [6, 6.07) is 9.85. The number of amides is 1. The van der Waals surface area contributed by atoms with Gasteiger partial charge in [-0.05, 0) is 67.1 Å². The third kappa shape index (κ3) is 2.84. The summed E-state index contributed by atoms with van der Waals surface area (Å²) < 4.78 is 19.1. The summed E-state index contributed by atoms with van der Waals surface area (Å²) in [5.41, 5.74) is 2.82. The van der Waals surface area contributed by atoms with Crippen molar-refractivity contribution in [1.82, 2.24) is 5.32 Å². The molecular formula is C21H19FN2O2S. The van der Waals surface area contributed by atoms with Crippen molar-refractivity contribution in [1.29, 1.82) is 0 Å². The van der Waals surface area contributed by atoms with E-state index in [2.05, 4.69) is 17.6 Å². The summed E-state index contributed by atoms with van der Waals surface area (Å²) in [5.74, 6) is 1.62. The lowest BCUT2D eigenvalue weighted by Gasteiger charge is -2.25. The monoisotopic (exact) mass is 382 g/mol. The number of benzene rings is 1. The second-order valence-electron chi connectivity index (χ2n) is 7.32. The van der Waals surface area contributed by atoms with Crippen molar-refractivity contribution >= 4 is 22.2 Å². The maximum absolute atomic E-state index is 13.1. The predicted octanol–water partition coefficient (Wildman–Crippen LogP) is 5.13. The molecule has 138 valence electrons. The molecular weight excluding hydrogens is 363 g/mol. The van der Waals surface area contributed by atoms with E-state index in [1.807, 2.05) is 12.1 Å². The fourth-order valence-corrected chi connectivity index (χ4v) is 5.32. The van der Waals surface area contributed by atoms with E-state index in [0.717, 1.165) is 35.4 Å². The van der Waals surface area contributed by atoms with Crippen molar-refractivity contribution in [2.24, 2.45) is 5.92 Å². The molecule has 3 heterocycles. The van der Waals surface area contributed by atoms with Gasteiger partial charge in [0.25, 0.3) is 5.91 Å². The highest BCUT2D eigenvalue weighted by atomic mass is 32.1. The third-order valence-electron chi connectivity index (χ3n) is 5.33. The maximum atomic E-state index is 13.1. The highest BCUT2D eigenvalue weighted by molar-refractivity contribution is 7.16. The molecule has 0 saturated carbocycles. The average molecular weight is 382 g/mol. The Kier molecular flexibility index (Phi) is 3.82. The molecule has 2 atom stereocenters. The lowest BCUT2D eigenvalue weighted by atomic mass is 9.88. The standard InChI is InChI=1S/C21H19FN2O2S/c1-11-2-7-14-17(10-11)27-21-18(14)20(25)23-19(24-21)16-9-8-15(26-16)12-3-5-13(22)6-4-12/h3-6,8-9,11,19,24H,2,7,10H2,1H3,(H,23,25)/t11-,19-/m1/s1. The number of anilines is 1. The van der Waals surface area contributed by atoms with Gasteiger partial charge >= 0.3 is 0 Å². The Balaban J connectivity index is 1.44. The number of fused-ring (bicyclic) bond motifs is 3. The van der Waals surface area contributed by atoms with E-state index in [9.17, 15) is 9.18 Å². The molecule has 27 heavy (non-hydrogen) atoms. The van der Waals surface area contributed by atoms with Crippen LogP contribution in [-0.2, 0) is 12.8 Å². The Morgan fingerprint density at radius 2 is 1.96 bits per heavy atom. The van der Waals surface area contributed by atoms with Gasteiger partial charge in [-0.3, -0.25) is 4.79 Å². The van der Waals surface area contributed by atoms with Crippen molar-refractivity contribution in [2.75, 3.05) is 5.32 Å². The lowest BCUT2D eigenvalue weighted by molar-refractivity contribution is 0.0930. The molecule has 0 saturated heterocycles. The number of nitrogens with one attached hydrogen (secondary N) is 2. The molecule has 2 aliphatic rings. The summed E-state index contributed by atoms with van der Waals surface area (Å²) in [6.07, 6.45) is 2.74. The normalized spacial score (nSPS) is 21.2. The molecule has 1 aliphatic heterocycles. The van der Waals surface area contributed by atoms with Crippen LogP contribution in [0, 0.1) is 11.7 Å². The highest BCUT2D eigenvalue weighted by Gasteiger charge is 2.34. The van der Waals surface area contributed by atoms with Gasteiger partial charge in [0, 0.05) is 10.4 Å². The second kappa shape index (κ2) is 6.23. The maximum Gasteiger partial charge on any atom is 0.256 e. The first-order valence-corrected chi connectivity index (χ1v) is 9.98. The zero-order valence-electron chi connectivity index (χ0n) is 14.8. The van der Waals surface area contributed by atoms with E-state index >= 15 is 0 Å². The number of rotatable bonds is 2. The number of carbonyl (C=O) groups is 1. The molecule has 0 unspecified atom stereocenters. The first-order valence-electron chi connectivity index (χ1n) is 9.16. The van der Waals surface area contributed by atoms with Gasteiger partial charge in [0.05, 0.1) is 5.56 Å². The highest BCUT2D eigenvalue weighted by Crippen LogP contribution is 2.42. The van der Waals surface area contributed by atoms with Crippen LogP contribution in [0.2, 0.25) is 0 Å². The fourth-order valence-electron chi connectivity index (χ4n) is 3.88. The van der Waals surface area contributed by atoms with E-state index in [-0.39, 0.29) is 11.7 Å². The molecule has 4 nitrogen and oxygen atoms in total. The molecule has 0 bridgehead atoms. The van der Waals surface area contributed by atoms with E-state index in [0.29, 0.717) is 17.4 Å². The van der Waals surface area contributed by atoms with Crippen molar-refractivity contribution in [2.45, 2.75) is 32.4 Å². The van der Waals surface area contributed by atoms with Gasteiger partial charge in [-0.2, -0.15) is 0 Å². The Hall–Kier alpha value is -2.60. The summed E-state index contributed by atoms with van der Waals surface area (Å²) in [7, 11) is 0. The largest absolute Gasteiger partial charge is 0.457 e. The van der Waals surface area contributed by atoms with Crippen LogP contribution in [-0.4, -0.2) is 5.91 Å². The Labute approximate surface area is 160 Å². The van der Waals surface area contributed by atoms with Crippen LogP contribution >= 0.6 is 11.3 Å². The molecule has 0 radical (unpaired) electrons. The molecule has 3 aromatic rings. The molecule has 0 fully saturated rings. The molecule has 6 heteroatoms. The zero-order chi connectivity index (χ0) is 18.5. The molecule has 0 spiro atoms. The number of thiophene rings is 1. The van der Waals surface area contributed by atoms with Crippen LogP contribution < -0.4 is 10.6 Å². The van der Waals surface area contributed by atoms with Crippen LogP contribution in [0.5, 0.6) is 0 Å². The summed E-state index contributed by atoms with van der Waals surface area (Å²) >= 11 is 1.69. The van der Waals surface area contributed by atoms with Crippen LogP contribution in [0.15, 0.2) is 40.8 Å². The van der Waals surface area contributed by atoms with Crippen LogP contribution in [0.4, 0.5) is 9.39 Å². The zero-order valence-corrected chi connectivity index (χ0v) is 15.7. The van der Waals surface area contributed by atoms with Gasteiger partial charge < -0.3 is 15.1 Å². The van der Waals surface area contributed by atoms with Crippen molar-refractivity contribution in [3.63, 3.8) is 0 Å². The number of hydrogen-bond acceptors (Lipinski definition) is 4. The van der Waals surface area contributed by atoms with E-state index in [1.54, 1.807) is 23.5 Å². The summed E-state index contributed by atoms with van der Waals surface area (Å²) in [5, 5.41) is 7.37. The van der Waals surface area contributed by atoms with Gasteiger partial charge in [0.15, 0.2) is 6.17 Å². The van der Waals surface area contributed by atoms with Crippen molar-refractivity contribution < 1.29 is 13.6 Å². The minimum atomic E-state index is -0.406. The summed E-state index contributed by atoms with van der Waals surface area (Å²) in [6.45, 7) is 2.26. The third-order valence-corrected chi connectivity index (χ3v) is 6.52. The first-order chi connectivity index (χ1) is 13.1. The number of hydrogen-bond donors (Lipinski definition) is 2. The predicted molar refractivity (Wildman–Crippen MR) is 103 cm³/mol. The Morgan fingerprint density at radius 3 is 2.78 bits per heavy atom. The molecule has 2 N–H and O–H groups in total. The number of furan rings is 1. The Bertz CT molecular complexity index is 1020. The molecule has 1 aliphatic carbocycles. The molecule has 5 rings (SSSR count). The fraction of sp³-hybridized carbons (Fsp3) is 0.286. The van der Waals surface area contributed by atoms with E-state index in [1.165, 1.54) is 22.6 Å². The number of halogens is 1. The SMILES string of the molecule is C[C@@H]1CCc2c(sc3c2C(=O)N[C@@H](c2ccc(-c4ccc(F)cc4)o2)N3)C1.